The minimum Gasteiger partial charge on any atom is -0.358 e. The van der Waals surface area contributed by atoms with Crippen molar-refractivity contribution in [2.45, 2.75) is 59.4 Å². The van der Waals surface area contributed by atoms with E-state index in [1.807, 2.05) is 24.5 Å². The van der Waals surface area contributed by atoms with E-state index in [1.54, 1.807) is 11.1 Å². The van der Waals surface area contributed by atoms with Gasteiger partial charge in [-0.15, -0.1) is 0 Å². The normalized spacial score (nSPS) is 17.9. The van der Waals surface area contributed by atoms with Crippen LogP contribution < -0.4 is 10.3 Å². The summed E-state index contributed by atoms with van der Waals surface area (Å²) in [6.07, 6.45) is 6.17. The van der Waals surface area contributed by atoms with Crippen molar-refractivity contribution in [3.8, 4) is 0 Å². The number of halogens is 1. The van der Waals surface area contributed by atoms with Gasteiger partial charge in [0.15, 0.2) is 0 Å². The zero-order valence-corrected chi connectivity index (χ0v) is 21.3. The van der Waals surface area contributed by atoms with E-state index in [9.17, 15) is 9.59 Å². The lowest BCUT2D eigenvalue weighted by atomic mass is 10.1. The fourth-order valence-electron chi connectivity index (χ4n) is 5.41. The van der Waals surface area contributed by atoms with E-state index < -0.39 is 0 Å². The lowest BCUT2D eigenvalue weighted by molar-refractivity contribution is -0.927. The fraction of sp³-hybridized carbons (Fsp3) is 0.630. The number of carbonyl (C=O) groups excluding carboxylic acids is 1. The molecule has 0 N–H and O–H groups in total. The van der Waals surface area contributed by atoms with Crippen molar-refractivity contribution >= 4 is 22.5 Å². The highest BCUT2D eigenvalue weighted by Crippen LogP contribution is 2.38. The Morgan fingerprint density at radius 1 is 1.12 bits per heavy atom. The van der Waals surface area contributed by atoms with Gasteiger partial charge in [-0.25, -0.2) is 4.39 Å². The number of fused-ring (bicyclic) bond motifs is 1. The summed E-state index contributed by atoms with van der Waals surface area (Å²) in [5.74, 6) is -0.642. The molecule has 1 saturated carbocycles. The average Bonchev–Trinajstić information content (AvgIpc) is 3.69. The number of unbranched alkanes of at least 4 members (excludes halogenated alkanes) is 1. The summed E-state index contributed by atoms with van der Waals surface area (Å²) in [7, 11) is 0. The van der Waals surface area contributed by atoms with E-state index in [4.69, 9.17) is 0 Å². The summed E-state index contributed by atoms with van der Waals surface area (Å²) in [6.45, 7) is 15.3. The van der Waals surface area contributed by atoms with Gasteiger partial charge >= 0.3 is 0 Å². The van der Waals surface area contributed by atoms with Crippen LogP contribution in [-0.2, 0) is 0 Å². The van der Waals surface area contributed by atoms with Gasteiger partial charge in [0.2, 0.25) is 5.43 Å². The van der Waals surface area contributed by atoms with Crippen LogP contribution in [0.3, 0.4) is 0 Å². The maximum atomic E-state index is 15.4. The molecular weight excluding hydrogens is 431 g/mol. The molecule has 0 bridgehead atoms. The van der Waals surface area contributed by atoms with Crippen LogP contribution in [0.4, 0.5) is 10.1 Å². The third-order valence-electron chi connectivity index (χ3n) is 8.01. The zero-order chi connectivity index (χ0) is 24.5. The SMILES string of the molecule is CCCC[N+]1(CC)CCN(c2cc3c(cc2F)c(=O)c(C(=O)N(CC)CC)cn3C2CC2)CC1. The number of nitrogens with zero attached hydrogens (tertiary/aromatic N) is 4. The number of hydrogen-bond acceptors (Lipinski definition) is 3. The second-order valence-electron chi connectivity index (χ2n) is 9.98. The third-order valence-corrected chi connectivity index (χ3v) is 8.01. The van der Waals surface area contributed by atoms with Crippen molar-refractivity contribution < 1.29 is 13.7 Å². The molecule has 0 radical (unpaired) electrons. The Morgan fingerprint density at radius 3 is 2.35 bits per heavy atom. The molecule has 2 aromatic rings. The molecule has 0 spiro atoms. The van der Waals surface area contributed by atoms with Crippen molar-refractivity contribution in [2.24, 2.45) is 0 Å². The largest absolute Gasteiger partial charge is 0.358 e. The Bertz CT molecular complexity index is 1100. The first-order valence-corrected chi connectivity index (χ1v) is 13.2. The predicted octanol–water partition coefficient (Wildman–Crippen LogP) is 4.41. The van der Waals surface area contributed by atoms with Gasteiger partial charge in [0, 0.05) is 30.7 Å². The number of likely N-dealkylation sites (N-methyl/N-ethyl adjacent to an activating group) is 1. The van der Waals surface area contributed by atoms with Gasteiger partial charge in [0.05, 0.1) is 50.5 Å². The molecule has 2 heterocycles. The fourth-order valence-corrected chi connectivity index (χ4v) is 5.41. The van der Waals surface area contributed by atoms with Crippen molar-refractivity contribution in [1.29, 1.82) is 0 Å². The first kappa shape index (κ1) is 24.7. The molecule has 7 heteroatoms. The highest BCUT2D eigenvalue weighted by Gasteiger charge is 2.33. The van der Waals surface area contributed by atoms with Crippen LogP contribution in [0.15, 0.2) is 23.1 Å². The standard InChI is InChI=1S/C27H40FN4O2/c1-5-9-14-32(8-4)15-12-30(13-16-32)25-18-24-21(17-23(25)28)26(33)22(19-31(24)20-10-11-20)27(34)29(6-2)7-3/h17-20H,5-16H2,1-4H3/q+1. The number of anilines is 1. The Labute approximate surface area is 202 Å². The summed E-state index contributed by atoms with van der Waals surface area (Å²) >= 11 is 0. The topological polar surface area (TPSA) is 45.6 Å². The number of carbonyl (C=O) groups is 1. The van der Waals surface area contributed by atoms with Crippen molar-refractivity contribution in [1.82, 2.24) is 9.47 Å². The average molecular weight is 472 g/mol. The number of rotatable bonds is 9. The molecule has 0 unspecified atom stereocenters. The van der Waals surface area contributed by atoms with Crippen LogP contribution in [0, 0.1) is 5.82 Å². The summed E-state index contributed by atoms with van der Waals surface area (Å²) in [5, 5.41) is 0.310. The Kier molecular flexibility index (Phi) is 7.31. The summed E-state index contributed by atoms with van der Waals surface area (Å²) in [4.78, 5) is 30.2. The van der Waals surface area contributed by atoms with E-state index in [2.05, 4.69) is 18.7 Å². The summed E-state index contributed by atoms with van der Waals surface area (Å²) in [5.41, 5.74) is 1.10. The third kappa shape index (κ3) is 4.59. The van der Waals surface area contributed by atoms with Gasteiger partial charge in [-0.2, -0.15) is 0 Å². The van der Waals surface area contributed by atoms with Crippen LogP contribution in [0.25, 0.3) is 10.9 Å². The second-order valence-corrected chi connectivity index (χ2v) is 9.98. The van der Waals surface area contributed by atoms with Gasteiger partial charge in [-0.1, -0.05) is 13.3 Å². The van der Waals surface area contributed by atoms with Crippen LogP contribution in [0.5, 0.6) is 0 Å². The number of piperazine rings is 1. The molecule has 34 heavy (non-hydrogen) atoms. The predicted molar refractivity (Wildman–Crippen MR) is 136 cm³/mol. The maximum Gasteiger partial charge on any atom is 0.259 e. The van der Waals surface area contributed by atoms with Gasteiger partial charge in [-0.3, -0.25) is 9.59 Å². The van der Waals surface area contributed by atoms with Crippen molar-refractivity contribution in [3.05, 3.63) is 39.9 Å². The Morgan fingerprint density at radius 2 is 1.79 bits per heavy atom. The Balaban J connectivity index is 1.71. The number of amides is 1. The molecule has 1 saturated heterocycles. The lowest BCUT2D eigenvalue weighted by Crippen LogP contribution is -2.60. The van der Waals surface area contributed by atoms with Crippen LogP contribution in [0.2, 0.25) is 0 Å². The molecule has 0 atom stereocenters. The molecule has 2 fully saturated rings. The second kappa shape index (κ2) is 10.1. The number of pyridine rings is 1. The zero-order valence-electron chi connectivity index (χ0n) is 21.3. The molecule has 6 nitrogen and oxygen atoms in total. The van der Waals surface area contributed by atoms with Crippen LogP contribution >= 0.6 is 0 Å². The van der Waals surface area contributed by atoms with E-state index in [-0.39, 0.29) is 28.8 Å². The van der Waals surface area contributed by atoms with E-state index >= 15 is 4.39 Å². The number of quaternary nitrogens is 1. The molecule has 1 amide bonds. The highest BCUT2D eigenvalue weighted by atomic mass is 19.1. The first-order valence-electron chi connectivity index (χ1n) is 13.2. The van der Waals surface area contributed by atoms with E-state index in [0.29, 0.717) is 24.2 Å². The molecular formula is C27H40FN4O2+. The van der Waals surface area contributed by atoms with Crippen LogP contribution in [-0.4, -0.2) is 72.2 Å². The van der Waals surface area contributed by atoms with Gasteiger partial charge in [0.1, 0.15) is 11.4 Å². The number of aromatic nitrogens is 1. The maximum absolute atomic E-state index is 15.4. The summed E-state index contributed by atoms with van der Waals surface area (Å²) < 4.78 is 18.6. The molecule has 2 aliphatic rings. The molecule has 1 aromatic carbocycles. The number of hydrogen-bond donors (Lipinski definition) is 0. The summed E-state index contributed by atoms with van der Waals surface area (Å²) in [6, 6.07) is 3.50. The molecule has 186 valence electrons. The van der Waals surface area contributed by atoms with E-state index in [0.717, 1.165) is 55.6 Å². The van der Waals surface area contributed by atoms with Gasteiger partial charge in [-0.05, 0) is 52.2 Å². The minimum atomic E-state index is -0.371. The monoisotopic (exact) mass is 471 g/mol. The smallest absolute Gasteiger partial charge is 0.259 e. The molecule has 1 aliphatic heterocycles. The van der Waals surface area contributed by atoms with Crippen LogP contribution in [0.1, 0.15) is 69.8 Å². The van der Waals surface area contributed by atoms with E-state index in [1.165, 1.54) is 25.5 Å². The lowest BCUT2D eigenvalue weighted by Gasteiger charge is -2.45. The first-order chi connectivity index (χ1) is 16.4. The van der Waals surface area contributed by atoms with Crippen molar-refractivity contribution in [2.75, 3.05) is 57.3 Å². The number of benzene rings is 1. The Hall–Kier alpha value is -2.41. The highest BCUT2D eigenvalue weighted by molar-refractivity contribution is 5.98. The van der Waals surface area contributed by atoms with Crippen molar-refractivity contribution in [3.63, 3.8) is 0 Å². The van der Waals surface area contributed by atoms with Gasteiger partial charge < -0.3 is 18.8 Å². The molecule has 1 aromatic heterocycles. The molecule has 1 aliphatic carbocycles. The molecule has 4 rings (SSSR count). The quantitative estimate of drug-likeness (QED) is 0.509. The minimum absolute atomic E-state index is 0.147. The van der Waals surface area contributed by atoms with Gasteiger partial charge in [0.25, 0.3) is 5.91 Å².